The Morgan fingerprint density at radius 3 is 2.59 bits per heavy atom. The molecule has 3 rings (SSSR count). The maximum Gasteiger partial charge on any atom is 0.110 e. The minimum atomic E-state index is -0.0808. The van der Waals surface area contributed by atoms with Crippen LogP contribution >= 0.6 is 0 Å². The zero-order valence-corrected chi connectivity index (χ0v) is 15.0. The summed E-state index contributed by atoms with van der Waals surface area (Å²) in [6.45, 7) is 14.3. The molecule has 1 N–H and O–H groups in total. The van der Waals surface area contributed by atoms with Crippen molar-refractivity contribution in [2.45, 2.75) is 84.3 Å². The summed E-state index contributed by atoms with van der Waals surface area (Å²) in [4.78, 5) is 0. The van der Waals surface area contributed by atoms with Crippen molar-refractivity contribution in [3.63, 3.8) is 0 Å². The molecular weight excluding hydrogens is 272 g/mol. The fraction of sp³-hybridized carbons (Fsp3) is 0.900. The molecule has 0 aromatic rings. The van der Waals surface area contributed by atoms with E-state index < -0.39 is 0 Å². The Labute approximate surface area is 136 Å². The molecule has 0 radical (unpaired) electrons. The van der Waals surface area contributed by atoms with E-state index in [9.17, 15) is 5.11 Å². The normalized spacial score (nSPS) is 47.1. The van der Waals surface area contributed by atoms with Crippen LogP contribution in [0.25, 0.3) is 0 Å². The smallest absolute Gasteiger partial charge is 0.110 e. The first-order valence-electron chi connectivity index (χ1n) is 9.19. The molecule has 1 saturated heterocycles. The van der Waals surface area contributed by atoms with E-state index in [1.807, 2.05) is 0 Å². The molecule has 126 valence electrons. The first-order valence-corrected chi connectivity index (χ1v) is 9.19. The number of aliphatic hydroxyl groups excluding tert-OH is 1. The summed E-state index contributed by atoms with van der Waals surface area (Å²) in [5.74, 6) is 1.46. The Morgan fingerprint density at radius 2 is 1.95 bits per heavy atom. The third-order valence-electron chi connectivity index (χ3n) is 7.45. The average molecular weight is 306 g/mol. The van der Waals surface area contributed by atoms with Crippen LogP contribution in [-0.4, -0.2) is 23.4 Å². The molecule has 2 aliphatic carbocycles. The number of epoxide rings is 1. The zero-order valence-electron chi connectivity index (χ0n) is 15.0. The van der Waals surface area contributed by atoms with E-state index in [-0.39, 0.29) is 18.3 Å². The van der Waals surface area contributed by atoms with Gasteiger partial charge >= 0.3 is 0 Å². The van der Waals surface area contributed by atoms with E-state index in [1.165, 1.54) is 44.1 Å². The molecule has 0 aromatic carbocycles. The summed E-state index contributed by atoms with van der Waals surface area (Å²) in [6, 6.07) is 0. The van der Waals surface area contributed by atoms with Crippen molar-refractivity contribution in [3.8, 4) is 0 Å². The van der Waals surface area contributed by atoms with Gasteiger partial charge in [-0.2, -0.15) is 0 Å². The lowest BCUT2D eigenvalue weighted by Crippen LogP contribution is -2.49. The SMILES string of the molecule is C=C1CC[C@H]2C(C)(C)CCC[C@@]2(C)[C@H]1CC[C@@]1(C)O[C@@H]1CO. The molecule has 0 bridgehead atoms. The van der Waals surface area contributed by atoms with Crippen LogP contribution in [0.1, 0.15) is 72.6 Å². The van der Waals surface area contributed by atoms with Crippen LogP contribution < -0.4 is 0 Å². The van der Waals surface area contributed by atoms with E-state index in [1.54, 1.807) is 0 Å². The minimum absolute atomic E-state index is 0.0655. The van der Waals surface area contributed by atoms with E-state index >= 15 is 0 Å². The topological polar surface area (TPSA) is 32.8 Å². The fourth-order valence-electron chi connectivity index (χ4n) is 5.98. The van der Waals surface area contributed by atoms with Crippen molar-refractivity contribution in [1.29, 1.82) is 0 Å². The van der Waals surface area contributed by atoms with Gasteiger partial charge in [0.25, 0.3) is 0 Å². The van der Waals surface area contributed by atoms with Gasteiger partial charge in [-0.15, -0.1) is 0 Å². The Bertz CT molecular complexity index is 455. The van der Waals surface area contributed by atoms with Gasteiger partial charge in [-0.05, 0) is 68.1 Å². The summed E-state index contributed by atoms with van der Waals surface area (Å²) in [6.07, 6.45) is 8.92. The molecule has 1 aliphatic heterocycles. The lowest BCUT2D eigenvalue weighted by atomic mass is 9.47. The Kier molecular flexibility index (Phi) is 4.01. The molecule has 22 heavy (non-hydrogen) atoms. The van der Waals surface area contributed by atoms with Crippen molar-refractivity contribution in [3.05, 3.63) is 12.2 Å². The largest absolute Gasteiger partial charge is 0.394 e. The number of rotatable bonds is 4. The highest BCUT2D eigenvalue weighted by Gasteiger charge is 2.55. The van der Waals surface area contributed by atoms with Crippen LogP contribution in [-0.2, 0) is 4.74 Å². The highest BCUT2D eigenvalue weighted by atomic mass is 16.6. The molecule has 0 amide bonds. The van der Waals surface area contributed by atoms with Gasteiger partial charge in [0, 0.05) is 0 Å². The summed E-state index contributed by atoms with van der Waals surface area (Å²) < 4.78 is 5.71. The molecule has 0 unspecified atom stereocenters. The van der Waals surface area contributed by atoms with Crippen LogP contribution in [0.15, 0.2) is 12.2 Å². The van der Waals surface area contributed by atoms with Crippen molar-refractivity contribution in [2.24, 2.45) is 22.7 Å². The Morgan fingerprint density at radius 1 is 1.23 bits per heavy atom. The van der Waals surface area contributed by atoms with Crippen LogP contribution in [0.4, 0.5) is 0 Å². The minimum Gasteiger partial charge on any atom is -0.394 e. The highest BCUT2D eigenvalue weighted by Crippen LogP contribution is 2.62. The highest BCUT2D eigenvalue weighted by molar-refractivity contribution is 5.16. The average Bonchev–Trinajstić information content (AvgIpc) is 3.08. The summed E-state index contributed by atoms with van der Waals surface area (Å²) in [7, 11) is 0. The lowest BCUT2D eigenvalue weighted by Gasteiger charge is -2.58. The summed E-state index contributed by atoms with van der Waals surface area (Å²) in [5.41, 5.74) is 2.28. The van der Waals surface area contributed by atoms with Gasteiger partial charge in [-0.3, -0.25) is 0 Å². The van der Waals surface area contributed by atoms with Gasteiger partial charge in [0.05, 0.1) is 12.2 Å². The molecule has 2 nitrogen and oxygen atoms in total. The quantitative estimate of drug-likeness (QED) is 0.602. The van der Waals surface area contributed by atoms with Gasteiger partial charge in [0.15, 0.2) is 0 Å². The molecule has 2 heteroatoms. The van der Waals surface area contributed by atoms with Crippen molar-refractivity contribution in [2.75, 3.05) is 6.61 Å². The van der Waals surface area contributed by atoms with Crippen molar-refractivity contribution < 1.29 is 9.84 Å². The molecule has 5 atom stereocenters. The first kappa shape index (κ1) is 16.5. The molecule has 3 aliphatic rings. The van der Waals surface area contributed by atoms with Gasteiger partial charge in [-0.25, -0.2) is 0 Å². The molecule has 0 aromatic heterocycles. The summed E-state index contributed by atoms with van der Waals surface area (Å²) >= 11 is 0. The van der Waals surface area contributed by atoms with Crippen LogP contribution in [0.3, 0.4) is 0 Å². The standard InChI is InChI=1S/C20H34O2/c1-14-7-8-16-18(2,3)10-6-11-19(16,4)15(14)9-12-20(5)17(13-21)22-20/h15-17,21H,1,6-13H2,2-5H3/t15-,16-,17+,19-,20+/m0/s1. The fourth-order valence-corrected chi connectivity index (χ4v) is 5.98. The second-order valence-electron chi connectivity index (χ2n) is 9.29. The van der Waals surface area contributed by atoms with Crippen LogP contribution in [0.2, 0.25) is 0 Å². The number of aliphatic hydroxyl groups is 1. The molecule has 0 spiro atoms. The molecule has 3 fully saturated rings. The van der Waals surface area contributed by atoms with E-state index in [0.29, 0.717) is 16.7 Å². The van der Waals surface area contributed by atoms with Crippen LogP contribution in [0, 0.1) is 22.7 Å². The van der Waals surface area contributed by atoms with E-state index in [4.69, 9.17) is 4.74 Å². The monoisotopic (exact) mass is 306 g/mol. The third kappa shape index (κ3) is 2.57. The van der Waals surface area contributed by atoms with Crippen molar-refractivity contribution in [1.82, 2.24) is 0 Å². The van der Waals surface area contributed by atoms with E-state index in [0.717, 1.165) is 12.3 Å². The maximum absolute atomic E-state index is 9.29. The zero-order chi connectivity index (χ0) is 16.2. The first-order chi connectivity index (χ1) is 10.2. The number of hydrogen-bond donors (Lipinski definition) is 1. The van der Waals surface area contributed by atoms with Gasteiger partial charge in [0.1, 0.15) is 6.10 Å². The Balaban J connectivity index is 1.75. The second kappa shape index (κ2) is 5.34. The predicted octanol–water partition coefficient (Wildman–Crippen LogP) is 4.72. The maximum atomic E-state index is 9.29. The predicted molar refractivity (Wildman–Crippen MR) is 90.7 cm³/mol. The van der Waals surface area contributed by atoms with Crippen molar-refractivity contribution >= 4 is 0 Å². The molecular formula is C20H34O2. The number of hydrogen-bond acceptors (Lipinski definition) is 2. The number of allylic oxidation sites excluding steroid dienone is 1. The lowest BCUT2D eigenvalue weighted by molar-refractivity contribution is -0.0555. The molecule has 2 saturated carbocycles. The number of ether oxygens (including phenoxy) is 1. The third-order valence-corrected chi connectivity index (χ3v) is 7.45. The van der Waals surface area contributed by atoms with Gasteiger partial charge < -0.3 is 9.84 Å². The van der Waals surface area contributed by atoms with Crippen LogP contribution in [0.5, 0.6) is 0 Å². The summed E-state index contributed by atoms with van der Waals surface area (Å²) in [5, 5.41) is 9.29. The van der Waals surface area contributed by atoms with E-state index in [2.05, 4.69) is 34.3 Å². The molecule has 1 heterocycles. The van der Waals surface area contributed by atoms with Gasteiger partial charge in [-0.1, -0.05) is 39.3 Å². The Hall–Kier alpha value is -0.340. The van der Waals surface area contributed by atoms with Gasteiger partial charge in [0.2, 0.25) is 0 Å². The number of fused-ring (bicyclic) bond motifs is 1. The second-order valence-corrected chi connectivity index (χ2v) is 9.29.